The summed E-state index contributed by atoms with van der Waals surface area (Å²) < 4.78 is 2.91. The largest absolute Gasteiger partial charge is 0.338 e. The van der Waals surface area contributed by atoms with Crippen LogP contribution in [0.25, 0.3) is 0 Å². The van der Waals surface area contributed by atoms with Crippen LogP contribution in [0.3, 0.4) is 0 Å². The molecule has 3 rings (SSSR count). The van der Waals surface area contributed by atoms with Gasteiger partial charge in [0.2, 0.25) is 0 Å². The van der Waals surface area contributed by atoms with E-state index in [1.807, 2.05) is 54.0 Å². The number of halogens is 1. The molecule has 5 heteroatoms. The van der Waals surface area contributed by atoms with Crippen LogP contribution in [-0.2, 0) is 6.54 Å². The summed E-state index contributed by atoms with van der Waals surface area (Å²) in [5.74, 6) is 0.627. The lowest BCUT2D eigenvalue weighted by Gasteiger charge is -2.39. The molecule has 0 spiro atoms. The fraction of sp³-hybridized carbons (Fsp3) is 0.375. The fourth-order valence-corrected chi connectivity index (χ4v) is 3.04. The number of aryl methyl sites for hydroxylation is 2. The van der Waals surface area contributed by atoms with Crippen molar-refractivity contribution in [3.63, 3.8) is 0 Å². The van der Waals surface area contributed by atoms with E-state index in [1.165, 1.54) is 5.56 Å². The second kappa shape index (κ2) is 5.64. The van der Waals surface area contributed by atoms with Gasteiger partial charge in [-0.05, 0) is 37.1 Å². The Bertz CT molecular complexity index is 674. The van der Waals surface area contributed by atoms with Gasteiger partial charge in [-0.1, -0.05) is 22.0 Å². The lowest BCUT2D eigenvalue weighted by Crippen LogP contribution is -2.51. The second-order valence-electron chi connectivity index (χ2n) is 5.78. The van der Waals surface area contributed by atoms with E-state index in [2.05, 4.69) is 21.0 Å². The zero-order valence-corrected chi connectivity index (χ0v) is 13.8. The average Bonchev–Trinajstić information content (AvgIpc) is 2.81. The van der Waals surface area contributed by atoms with Crippen LogP contribution >= 0.6 is 15.9 Å². The van der Waals surface area contributed by atoms with Crippen LogP contribution in [-0.4, -0.2) is 33.7 Å². The Morgan fingerprint density at radius 1 is 1.38 bits per heavy atom. The van der Waals surface area contributed by atoms with Crippen molar-refractivity contribution < 1.29 is 4.79 Å². The number of benzene rings is 1. The molecule has 0 atom stereocenters. The van der Waals surface area contributed by atoms with Gasteiger partial charge >= 0.3 is 0 Å². The van der Waals surface area contributed by atoms with Crippen LogP contribution in [0.2, 0.25) is 0 Å². The van der Waals surface area contributed by atoms with Crippen molar-refractivity contribution in [2.24, 2.45) is 5.92 Å². The number of carbonyl (C=O) groups is 1. The smallest absolute Gasteiger partial charge is 0.254 e. The molecule has 0 N–H and O–H groups in total. The molecule has 1 amide bonds. The molecule has 1 aromatic carbocycles. The minimum Gasteiger partial charge on any atom is -0.338 e. The Morgan fingerprint density at radius 2 is 2.14 bits per heavy atom. The zero-order chi connectivity index (χ0) is 15.0. The minimum atomic E-state index is 0.127. The maximum absolute atomic E-state index is 12.5. The number of carbonyl (C=O) groups excluding carboxylic acids is 1. The van der Waals surface area contributed by atoms with Gasteiger partial charge in [-0.2, -0.15) is 5.10 Å². The van der Waals surface area contributed by atoms with Crippen LogP contribution in [0.5, 0.6) is 0 Å². The molecule has 110 valence electrons. The number of nitrogens with zero attached hydrogens (tertiary/aromatic N) is 3. The van der Waals surface area contributed by atoms with Gasteiger partial charge in [-0.15, -0.1) is 0 Å². The van der Waals surface area contributed by atoms with Crippen LogP contribution in [0.4, 0.5) is 0 Å². The van der Waals surface area contributed by atoms with Gasteiger partial charge in [0.25, 0.3) is 5.91 Å². The number of hydrogen-bond acceptors (Lipinski definition) is 2. The molecule has 0 saturated carbocycles. The lowest BCUT2D eigenvalue weighted by molar-refractivity contribution is 0.0460. The topological polar surface area (TPSA) is 38.1 Å². The van der Waals surface area contributed by atoms with Crippen molar-refractivity contribution in [3.8, 4) is 0 Å². The van der Waals surface area contributed by atoms with Gasteiger partial charge < -0.3 is 4.90 Å². The summed E-state index contributed by atoms with van der Waals surface area (Å²) >= 11 is 3.43. The summed E-state index contributed by atoms with van der Waals surface area (Å²) in [7, 11) is 0. The van der Waals surface area contributed by atoms with E-state index in [9.17, 15) is 4.79 Å². The Balaban J connectivity index is 1.60. The van der Waals surface area contributed by atoms with Gasteiger partial charge in [-0.3, -0.25) is 9.48 Å². The maximum atomic E-state index is 12.5. The van der Waals surface area contributed by atoms with Gasteiger partial charge in [0, 0.05) is 41.8 Å². The second-order valence-corrected chi connectivity index (χ2v) is 6.69. The molecule has 0 aliphatic carbocycles. The normalized spacial score (nSPS) is 15.1. The number of hydrogen-bond donors (Lipinski definition) is 0. The molecule has 21 heavy (non-hydrogen) atoms. The molecular weight excluding hydrogens is 330 g/mol. The van der Waals surface area contributed by atoms with Gasteiger partial charge in [0.1, 0.15) is 0 Å². The molecule has 2 aromatic rings. The highest BCUT2D eigenvalue weighted by molar-refractivity contribution is 9.10. The number of amides is 1. The Morgan fingerprint density at radius 3 is 2.81 bits per heavy atom. The Labute approximate surface area is 132 Å². The van der Waals surface area contributed by atoms with Crippen molar-refractivity contribution in [2.45, 2.75) is 20.4 Å². The van der Waals surface area contributed by atoms with E-state index >= 15 is 0 Å². The van der Waals surface area contributed by atoms with Gasteiger partial charge in [0.15, 0.2) is 0 Å². The summed E-state index contributed by atoms with van der Waals surface area (Å²) in [5, 5.41) is 4.30. The highest BCUT2D eigenvalue weighted by Gasteiger charge is 2.32. The van der Waals surface area contributed by atoms with E-state index in [-0.39, 0.29) is 5.91 Å². The third kappa shape index (κ3) is 3.02. The van der Waals surface area contributed by atoms with Crippen molar-refractivity contribution in [3.05, 3.63) is 51.8 Å². The summed E-state index contributed by atoms with van der Waals surface area (Å²) in [6.07, 6.45) is 3.91. The number of likely N-dealkylation sites (tertiary alicyclic amines) is 1. The molecule has 4 nitrogen and oxygen atoms in total. The number of rotatable bonds is 3. The first-order chi connectivity index (χ1) is 10.0. The quantitative estimate of drug-likeness (QED) is 0.855. The van der Waals surface area contributed by atoms with Crippen LogP contribution in [0.1, 0.15) is 21.5 Å². The van der Waals surface area contributed by atoms with Crippen LogP contribution in [0.15, 0.2) is 35.1 Å². The van der Waals surface area contributed by atoms with Crippen molar-refractivity contribution >= 4 is 21.8 Å². The van der Waals surface area contributed by atoms with E-state index in [4.69, 9.17) is 0 Å². The molecule has 1 aromatic heterocycles. The predicted octanol–water partition coefficient (Wildman–Crippen LogP) is 3.03. The molecule has 1 fully saturated rings. The number of aromatic nitrogens is 2. The molecule has 0 radical (unpaired) electrons. The van der Waals surface area contributed by atoms with Crippen LogP contribution in [0, 0.1) is 19.8 Å². The van der Waals surface area contributed by atoms with Gasteiger partial charge in [-0.25, -0.2) is 0 Å². The highest BCUT2D eigenvalue weighted by Crippen LogP contribution is 2.23. The summed E-state index contributed by atoms with van der Waals surface area (Å²) in [5.41, 5.74) is 2.99. The fourth-order valence-electron chi connectivity index (χ4n) is 2.68. The van der Waals surface area contributed by atoms with Crippen LogP contribution < -0.4 is 0 Å². The van der Waals surface area contributed by atoms with Crippen molar-refractivity contribution in [2.75, 3.05) is 13.1 Å². The monoisotopic (exact) mass is 347 g/mol. The third-order valence-corrected chi connectivity index (χ3v) is 4.38. The van der Waals surface area contributed by atoms with E-state index in [0.29, 0.717) is 5.92 Å². The SMILES string of the molecule is Cc1cnn(CC2CN(C(=O)c3cc(Br)ccc3C)C2)c1. The summed E-state index contributed by atoms with van der Waals surface area (Å²) in [6, 6.07) is 5.84. The summed E-state index contributed by atoms with van der Waals surface area (Å²) in [6.45, 7) is 6.52. The predicted molar refractivity (Wildman–Crippen MR) is 85.2 cm³/mol. The lowest BCUT2D eigenvalue weighted by atomic mass is 9.97. The minimum absolute atomic E-state index is 0.127. The molecule has 1 saturated heterocycles. The first-order valence-electron chi connectivity index (χ1n) is 7.07. The first-order valence-corrected chi connectivity index (χ1v) is 7.86. The van der Waals surface area contributed by atoms with Crippen molar-refractivity contribution in [1.82, 2.24) is 14.7 Å². The molecule has 1 aliphatic rings. The Kier molecular flexibility index (Phi) is 3.85. The summed E-state index contributed by atoms with van der Waals surface area (Å²) in [4.78, 5) is 14.4. The highest BCUT2D eigenvalue weighted by atomic mass is 79.9. The van der Waals surface area contributed by atoms with E-state index < -0.39 is 0 Å². The Hall–Kier alpha value is -1.62. The van der Waals surface area contributed by atoms with E-state index in [0.717, 1.165) is 35.2 Å². The zero-order valence-electron chi connectivity index (χ0n) is 12.2. The standard InChI is InChI=1S/C16H18BrN3O/c1-11-6-18-20(7-11)10-13-8-19(9-13)16(21)15-5-14(17)4-3-12(15)2/h3-7,13H,8-10H2,1-2H3. The molecule has 0 unspecified atom stereocenters. The molecule has 0 bridgehead atoms. The van der Waals surface area contributed by atoms with Gasteiger partial charge in [0.05, 0.1) is 6.20 Å². The maximum Gasteiger partial charge on any atom is 0.254 e. The first kappa shape index (κ1) is 14.3. The molecular formula is C16H18BrN3O. The molecule has 2 heterocycles. The molecule has 1 aliphatic heterocycles. The third-order valence-electron chi connectivity index (χ3n) is 3.88. The van der Waals surface area contributed by atoms with E-state index in [1.54, 1.807) is 0 Å². The average molecular weight is 348 g/mol. The van der Waals surface area contributed by atoms with Crippen molar-refractivity contribution in [1.29, 1.82) is 0 Å².